The monoisotopic (exact) mass is 378 g/mol. The molecule has 0 saturated heterocycles. The van der Waals surface area contributed by atoms with Gasteiger partial charge in [0.05, 0.1) is 13.5 Å². The van der Waals surface area contributed by atoms with Gasteiger partial charge in [-0.05, 0) is 18.6 Å². The second-order valence-corrected chi connectivity index (χ2v) is 7.18. The van der Waals surface area contributed by atoms with E-state index in [1.807, 2.05) is 24.3 Å². The molecule has 1 aromatic rings. The van der Waals surface area contributed by atoms with Gasteiger partial charge < -0.3 is 4.74 Å². The van der Waals surface area contributed by atoms with Gasteiger partial charge in [-0.25, -0.2) is 0 Å². The van der Waals surface area contributed by atoms with Crippen LogP contribution in [0.3, 0.4) is 0 Å². The van der Waals surface area contributed by atoms with E-state index in [0.29, 0.717) is 0 Å². The lowest BCUT2D eigenvalue weighted by molar-refractivity contribution is -0.140. The quantitative estimate of drug-likeness (QED) is 0.734. The maximum absolute atomic E-state index is 12.2. The average Bonchev–Trinajstić information content (AvgIpc) is 2.44. The fourth-order valence-electron chi connectivity index (χ4n) is 1.67. The van der Waals surface area contributed by atoms with Crippen LogP contribution >= 0.6 is 15.9 Å². The van der Waals surface area contributed by atoms with Crippen molar-refractivity contribution in [3.63, 3.8) is 0 Å². The second-order valence-electron chi connectivity index (χ2n) is 4.51. The molecule has 0 spiro atoms. The average molecular weight is 379 g/mol. The summed E-state index contributed by atoms with van der Waals surface area (Å²) in [5.41, 5.74) is 0.836. The first-order valence-electron chi connectivity index (χ1n) is 6.32. The highest BCUT2D eigenvalue weighted by molar-refractivity contribution is 9.10. The van der Waals surface area contributed by atoms with Crippen LogP contribution in [0.2, 0.25) is 0 Å². The normalized spacial score (nSPS) is 13.2. The van der Waals surface area contributed by atoms with Crippen molar-refractivity contribution in [1.82, 2.24) is 9.03 Å². The highest BCUT2D eigenvalue weighted by Gasteiger charge is 2.22. The van der Waals surface area contributed by atoms with Gasteiger partial charge in [0.25, 0.3) is 10.2 Å². The molecule has 0 amide bonds. The predicted molar refractivity (Wildman–Crippen MR) is 83.9 cm³/mol. The maximum Gasteiger partial charge on any atom is 0.306 e. The van der Waals surface area contributed by atoms with Crippen LogP contribution in [0, 0.1) is 0 Å². The lowest BCUT2D eigenvalue weighted by Gasteiger charge is -2.21. The number of nitrogens with zero attached hydrogens (tertiary/aromatic N) is 1. The summed E-state index contributed by atoms with van der Waals surface area (Å²) in [5.74, 6) is -0.448. The van der Waals surface area contributed by atoms with E-state index in [0.717, 1.165) is 14.3 Å². The molecule has 21 heavy (non-hydrogen) atoms. The first-order chi connectivity index (χ1) is 9.77. The van der Waals surface area contributed by atoms with Crippen LogP contribution in [0.5, 0.6) is 0 Å². The third-order valence-electron chi connectivity index (χ3n) is 2.97. The summed E-state index contributed by atoms with van der Waals surface area (Å²) in [5, 5.41) is 0. The van der Waals surface area contributed by atoms with Gasteiger partial charge in [0.1, 0.15) is 0 Å². The van der Waals surface area contributed by atoms with E-state index in [4.69, 9.17) is 0 Å². The zero-order chi connectivity index (χ0) is 16.0. The van der Waals surface area contributed by atoms with Gasteiger partial charge in [-0.3, -0.25) is 4.79 Å². The molecule has 1 atom stereocenters. The molecule has 118 valence electrons. The minimum atomic E-state index is -3.67. The van der Waals surface area contributed by atoms with Crippen molar-refractivity contribution in [1.29, 1.82) is 0 Å². The van der Waals surface area contributed by atoms with Crippen LogP contribution in [0.25, 0.3) is 0 Å². The summed E-state index contributed by atoms with van der Waals surface area (Å²) in [4.78, 5) is 11.1. The molecular formula is C13H19BrN2O4S. The van der Waals surface area contributed by atoms with Crippen molar-refractivity contribution in [2.24, 2.45) is 0 Å². The van der Waals surface area contributed by atoms with E-state index in [9.17, 15) is 13.2 Å². The molecule has 8 heteroatoms. The summed E-state index contributed by atoms with van der Waals surface area (Å²) in [6.07, 6.45) is 0.0112. The fraction of sp³-hybridized carbons (Fsp3) is 0.462. The van der Waals surface area contributed by atoms with Gasteiger partial charge in [-0.15, -0.1) is 0 Å². The standard InChI is InChI=1S/C13H19BrN2O4S/c1-10(11-6-4-5-7-12(11)14)15-21(18,19)16(2)9-8-13(17)20-3/h4-7,10,15H,8-9H2,1-3H3/t10-/m1/s1. The molecule has 0 saturated carbocycles. The second kappa shape index (κ2) is 7.88. The number of esters is 1. The van der Waals surface area contributed by atoms with Crippen LogP contribution in [-0.2, 0) is 19.7 Å². The third-order valence-corrected chi connectivity index (χ3v) is 5.34. The smallest absolute Gasteiger partial charge is 0.306 e. The number of halogens is 1. The summed E-state index contributed by atoms with van der Waals surface area (Å²) < 4.78 is 33.3. The Balaban J connectivity index is 2.71. The molecular weight excluding hydrogens is 360 g/mol. The summed E-state index contributed by atoms with van der Waals surface area (Å²) in [7, 11) is -0.991. The van der Waals surface area contributed by atoms with E-state index >= 15 is 0 Å². The van der Waals surface area contributed by atoms with Crippen LogP contribution in [0.15, 0.2) is 28.7 Å². The third kappa shape index (κ3) is 5.39. The van der Waals surface area contributed by atoms with Gasteiger partial charge in [0.15, 0.2) is 0 Å². The molecule has 6 nitrogen and oxygen atoms in total. The molecule has 0 heterocycles. The van der Waals surface area contributed by atoms with Gasteiger partial charge in [-0.1, -0.05) is 34.1 Å². The SMILES string of the molecule is COC(=O)CCN(C)S(=O)(=O)N[C@H](C)c1ccccc1Br. The molecule has 1 rings (SSSR count). The predicted octanol–water partition coefficient (Wildman–Crippen LogP) is 1.84. The molecule has 0 aliphatic rings. The van der Waals surface area contributed by atoms with Crippen molar-refractivity contribution >= 4 is 32.1 Å². The Morgan fingerprint density at radius 1 is 1.43 bits per heavy atom. The summed E-state index contributed by atoms with van der Waals surface area (Å²) >= 11 is 3.39. The van der Waals surface area contributed by atoms with Crippen LogP contribution < -0.4 is 4.72 Å². The Morgan fingerprint density at radius 2 is 2.05 bits per heavy atom. The largest absolute Gasteiger partial charge is 0.469 e. The zero-order valence-electron chi connectivity index (χ0n) is 12.2. The van der Waals surface area contributed by atoms with E-state index in [-0.39, 0.29) is 13.0 Å². The zero-order valence-corrected chi connectivity index (χ0v) is 14.6. The Hall–Kier alpha value is -0.960. The van der Waals surface area contributed by atoms with Crippen molar-refractivity contribution in [3.05, 3.63) is 34.3 Å². The molecule has 0 radical (unpaired) electrons. The van der Waals surface area contributed by atoms with E-state index < -0.39 is 22.2 Å². The fourth-order valence-corrected chi connectivity index (χ4v) is 3.39. The number of carbonyl (C=O) groups excluding carboxylic acids is 1. The number of benzene rings is 1. The summed E-state index contributed by atoms with van der Waals surface area (Å²) in [6.45, 7) is 1.82. The first kappa shape index (κ1) is 18.1. The molecule has 0 aliphatic carbocycles. The van der Waals surface area contributed by atoms with Gasteiger partial charge in [0.2, 0.25) is 0 Å². The molecule has 0 aromatic heterocycles. The lowest BCUT2D eigenvalue weighted by Crippen LogP contribution is -2.40. The molecule has 0 aliphatic heterocycles. The van der Waals surface area contributed by atoms with Crippen LogP contribution in [0.1, 0.15) is 24.9 Å². The number of methoxy groups -OCH3 is 1. The number of carbonyl (C=O) groups is 1. The molecule has 0 bridgehead atoms. The molecule has 1 aromatic carbocycles. The number of hydrogen-bond donors (Lipinski definition) is 1. The minimum absolute atomic E-state index is 0.0112. The highest BCUT2D eigenvalue weighted by Crippen LogP contribution is 2.23. The van der Waals surface area contributed by atoms with E-state index in [1.54, 1.807) is 6.92 Å². The maximum atomic E-state index is 12.2. The van der Waals surface area contributed by atoms with E-state index in [1.165, 1.54) is 14.2 Å². The van der Waals surface area contributed by atoms with Crippen molar-refractivity contribution < 1.29 is 17.9 Å². The van der Waals surface area contributed by atoms with Gasteiger partial charge >= 0.3 is 5.97 Å². The van der Waals surface area contributed by atoms with Crippen LogP contribution in [-0.4, -0.2) is 39.4 Å². The van der Waals surface area contributed by atoms with E-state index in [2.05, 4.69) is 25.4 Å². The highest BCUT2D eigenvalue weighted by atomic mass is 79.9. The molecule has 1 N–H and O–H groups in total. The summed E-state index contributed by atoms with van der Waals surface area (Å²) in [6, 6.07) is 6.99. The van der Waals surface area contributed by atoms with Gasteiger partial charge in [0, 0.05) is 24.1 Å². The van der Waals surface area contributed by atoms with Crippen molar-refractivity contribution in [3.8, 4) is 0 Å². The number of hydrogen-bond acceptors (Lipinski definition) is 4. The Bertz CT molecular complexity index is 592. The first-order valence-corrected chi connectivity index (χ1v) is 8.56. The van der Waals surface area contributed by atoms with Crippen molar-refractivity contribution in [2.45, 2.75) is 19.4 Å². The Labute approximate surface area is 133 Å². The topological polar surface area (TPSA) is 75.7 Å². The van der Waals surface area contributed by atoms with Gasteiger partial charge in [-0.2, -0.15) is 17.4 Å². The number of ether oxygens (including phenoxy) is 1. The number of rotatable bonds is 7. The minimum Gasteiger partial charge on any atom is -0.469 e. The Morgan fingerprint density at radius 3 is 2.62 bits per heavy atom. The van der Waals surface area contributed by atoms with Crippen molar-refractivity contribution in [2.75, 3.05) is 20.7 Å². The molecule has 0 fully saturated rings. The lowest BCUT2D eigenvalue weighted by atomic mass is 10.1. The Kier molecular flexibility index (Phi) is 6.79. The molecule has 0 unspecified atom stereocenters. The number of nitrogens with one attached hydrogen (secondary N) is 1. The van der Waals surface area contributed by atoms with Crippen LogP contribution in [0.4, 0.5) is 0 Å².